The van der Waals surface area contributed by atoms with Gasteiger partial charge in [0, 0.05) is 43.3 Å². The number of aromatic hydroxyl groups is 1. The van der Waals surface area contributed by atoms with Crippen molar-refractivity contribution in [2.45, 2.75) is 6.04 Å². The Kier molecular flexibility index (Phi) is 4.53. The van der Waals surface area contributed by atoms with Crippen LogP contribution in [0.2, 0.25) is 0 Å². The second-order valence-electron chi connectivity index (χ2n) is 8.31. The smallest absolute Gasteiger partial charge is 0.175 e. The van der Waals surface area contributed by atoms with E-state index in [4.69, 9.17) is 6.42 Å². The number of pyridine rings is 1. The quantitative estimate of drug-likeness (QED) is 0.501. The number of nitrogens with zero attached hydrogens (tertiary/aromatic N) is 5. The highest BCUT2D eigenvalue weighted by Crippen LogP contribution is 2.39. The first kappa shape index (κ1) is 20.2. The molecule has 1 N–H and O–H groups in total. The number of fused-ring (bicyclic) bond motifs is 2. The zero-order valence-electron chi connectivity index (χ0n) is 17.9. The van der Waals surface area contributed by atoms with E-state index in [-0.39, 0.29) is 28.1 Å². The lowest BCUT2D eigenvalue weighted by Crippen LogP contribution is -2.57. The Morgan fingerprint density at radius 2 is 1.97 bits per heavy atom. The summed E-state index contributed by atoms with van der Waals surface area (Å²) in [5.74, 6) is 1.73. The van der Waals surface area contributed by atoms with Gasteiger partial charge in [0.25, 0.3) is 0 Å². The number of phenolic OH excluding ortho intramolecular Hbond substituents is 1. The van der Waals surface area contributed by atoms with Crippen molar-refractivity contribution in [2.24, 2.45) is 7.05 Å². The van der Waals surface area contributed by atoms with Crippen LogP contribution in [0.15, 0.2) is 30.5 Å². The van der Waals surface area contributed by atoms with Crippen LogP contribution in [0, 0.1) is 24.0 Å². The number of hydrogen-bond donors (Lipinski definition) is 1. The third-order valence-corrected chi connectivity index (χ3v) is 6.15. The molecule has 0 atom stereocenters. The minimum Gasteiger partial charge on any atom is -0.508 e. The van der Waals surface area contributed by atoms with E-state index >= 15 is 4.39 Å². The molecular weight excluding hydrogens is 412 g/mol. The number of terminal acetylenes is 1. The molecule has 2 aromatic carbocycles. The van der Waals surface area contributed by atoms with Gasteiger partial charge in [-0.15, -0.1) is 6.42 Å². The second kappa shape index (κ2) is 7.18. The molecule has 0 bridgehead atoms. The zero-order chi connectivity index (χ0) is 22.7. The van der Waals surface area contributed by atoms with Gasteiger partial charge in [-0.2, -0.15) is 5.10 Å². The molecule has 162 valence electrons. The summed E-state index contributed by atoms with van der Waals surface area (Å²) in [6.45, 7) is 1.59. The van der Waals surface area contributed by atoms with Crippen LogP contribution in [-0.4, -0.2) is 58.0 Å². The number of aryl methyl sites for hydroxylation is 1. The van der Waals surface area contributed by atoms with Crippen molar-refractivity contribution in [1.82, 2.24) is 19.7 Å². The molecule has 5 rings (SSSR count). The molecule has 2 aromatic heterocycles. The Morgan fingerprint density at radius 1 is 1.22 bits per heavy atom. The molecule has 1 saturated heterocycles. The van der Waals surface area contributed by atoms with Gasteiger partial charge in [0.15, 0.2) is 11.6 Å². The molecular formula is C24H21F2N5O. The van der Waals surface area contributed by atoms with Crippen molar-refractivity contribution < 1.29 is 13.9 Å². The summed E-state index contributed by atoms with van der Waals surface area (Å²) >= 11 is 0. The summed E-state index contributed by atoms with van der Waals surface area (Å²) in [5.41, 5.74) is 0.490. The number of phenols is 1. The number of benzene rings is 2. The molecule has 4 aromatic rings. The summed E-state index contributed by atoms with van der Waals surface area (Å²) in [6, 6.07) is 5.96. The van der Waals surface area contributed by atoms with Crippen molar-refractivity contribution in [3.8, 4) is 29.4 Å². The molecule has 32 heavy (non-hydrogen) atoms. The molecule has 0 aliphatic carbocycles. The minimum absolute atomic E-state index is 0.000187. The van der Waals surface area contributed by atoms with E-state index in [0.29, 0.717) is 28.0 Å². The highest BCUT2D eigenvalue weighted by molar-refractivity contribution is 6.03. The van der Waals surface area contributed by atoms with Gasteiger partial charge in [-0.3, -0.25) is 9.67 Å². The lowest BCUT2D eigenvalue weighted by atomic mass is 9.96. The number of likely N-dealkylation sites (N-methyl/N-ethyl adjacent to an activating group) is 1. The van der Waals surface area contributed by atoms with E-state index in [0.717, 1.165) is 13.1 Å². The first-order valence-electron chi connectivity index (χ1n) is 10.1. The molecule has 1 fully saturated rings. The summed E-state index contributed by atoms with van der Waals surface area (Å²) in [7, 11) is 5.73. The Morgan fingerprint density at radius 3 is 2.66 bits per heavy atom. The van der Waals surface area contributed by atoms with E-state index in [1.54, 1.807) is 13.2 Å². The van der Waals surface area contributed by atoms with E-state index in [1.807, 2.05) is 14.1 Å². The van der Waals surface area contributed by atoms with E-state index in [1.165, 1.54) is 28.9 Å². The Balaban J connectivity index is 1.71. The average molecular weight is 433 g/mol. The number of rotatable bonds is 3. The standard InChI is InChI=1S/C24H21F2N5O/c1-5-16-19(25)7-6-13-8-15(32)9-17(20(13)16)22-21(26)23-18(10-27-22)24(28-30(23)4)31-11-14(12-31)29(2)3/h1,6-10,14,32H,11-12H2,2-4H3. The third kappa shape index (κ3) is 2.89. The molecule has 0 spiro atoms. The lowest BCUT2D eigenvalue weighted by molar-refractivity contribution is 0.246. The van der Waals surface area contributed by atoms with Crippen LogP contribution < -0.4 is 4.90 Å². The number of halogens is 2. The first-order chi connectivity index (χ1) is 15.3. The largest absolute Gasteiger partial charge is 0.508 e. The summed E-state index contributed by atoms with van der Waals surface area (Å²) < 4.78 is 31.7. The SMILES string of the molecule is C#Cc1c(F)ccc2cc(O)cc(-c3ncc4c(N5CC(N(C)C)C5)nn(C)c4c3F)c12. The van der Waals surface area contributed by atoms with Crippen molar-refractivity contribution in [3.05, 3.63) is 47.7 Å². The molecule has 0 amide bonds. The second-order valence-corrected chi connectivity index (χ2v) is 8.31. The molecule has 0 unspecified atom stereocenters. The Labute approximate surface area is 183 Å². The first-order valence-corrected chi connectivity index (χ1v) is 10.1. The predicted molar refractivity (Wildman–Crippen MR) is 121 cm³/mol. The molecule has 0 saturated carbocycles. The monoisotopic (exact) mass is 433 g/mol. The maximum absolute atomic E-state index is 15.8. The zero-order valence-corrected chi connectivity index (χ0v) is 17.9. The molecule has 8 heteroatoms. The maximum Gasteiger partial charge on any atom is 0.175 e. The van der Waals surface area contributed by atoms with Crippen molar-refractivity contribution in [2.75, 3.05) is 32.1 Å². The van der Waals surface area contributed by atoms with Gasteiger partial charge in [-0.25, -0.2) is 8.78 Å². The molecule has 1 aliphatic heterocycles. The topological polar surface area (TPSA) is 57.4 Å². The molecule has 1 aliphatic rings. The summed E-state index contributed by atoms with van der Waals surface area (Å²) in [5, 5.41) is 16.2. The third-order valence-electron chi connectivity index (χ3n) is 6.15. The molecule has 0 radical (unpaired) electrons. The Bertz CT molecular complexity index is 1430. The fourth-order valence-corrected chi connectivity index (χ4v) is 4.33. The van der Waals surface area contributed by atoms with E-state index < -0.39 is 11.6 Å². The van der Waals surface area contributed by atoms with Gasteiger partial charge in [0.05, 0.1) is 10.9 Å². The van der Waals surface area contributed by atoms with Crippen LogP contribution in [0.3, 0.4) is 0 Å². The van der Waals surface area contributed by atoms with Crippen molar-refractivity contribution in [3.63, 3.8) is 0 Å². The predicted octanol–water partition coefficient (Wildman–Crippen LogP) is 3.50. The van der Waals surface area contributed by atoms with Crippen LogP contribution in [0.1, 0.15) is 5.56 Å². The highest BCUT2D eigenvalue weighted by atomic mass is 19.1. The van der Waals surface area contributed by atoms with Gasteiger partial charge in [0.2, 0.25) is 0 Å². The number of aromatic nitrogens is 3. The van der Waals surface area contributed by atoms with Gasteiger partial charge >= 0.3 is 0 Å². The molecule has 6 nitrogen and oxygen atoms in total. The van der Waals surface area contributed by atoms with Crippen LogP contribution >= 0.6 is 0 Å². The average Bonchev–Trinajstić information content (AvgIpc) is 3.03. The minimum atomic E-state index is -0.604. The van der Waals surface area contributed by atoms with Crippen LogP contribution in [0.5, 0.6) is 5.75 Å². The maximum atomic E-state index is 15.8. The normalized spacial score (nSPS) is 14.3. The van der Waals surface area contributed by atoms with Crippen LogP contribution in [-0.2, 0) is 7.05 Å². The number of hydrogen-bond acceptors (Lipinski definition) is 5. The van der Waals surface area contributed by atoms with Crippen molar-refractivity contribution in [1.29, 1.82) is 0 Å². The van der Waals surface area contributed by atoms with Gasteiger partial charge in [-0.1, -0.05) is 12.0 Å². The van der Waals surface area contributed by atoms with Gasteiger partial charge in [0.1, 0.15) is 22.8 Å². The van der Waals surface area contributed by atoms with Crippen LogP contribution in [0.25, 0.3) is 32.9 Å². The fourth-order valence-electron chi connectivity index (χ4n) is 4.33. The van der Waals surface area contributed by atoms with Gasteiger partial charge in [-0.05, 0) is 37.7 Å². The van der Waals surface area contributed by atoms with Gasteiger partial charge < -0.3 is 14.9 Å². The fraction of sp³-hybridized carbons (Fsp3) is 0.250. The Hall–Kier alpha value is -3.70. The molecule has 3 heterocycles. The lowest BCUT2D eigenvalue weighted by Gasteiger charge is -2.43. The summed E-state index contributed by atoms with van der Waals surface area (Å²) in [4.78, 5) is 8.61. The van der Waals surface area contributed by atoms with Crippen molar-refractivity contribution >= 4 is 27.5 Å². The summed E-state index contributed by atoms with van der Waals surface area (Å²) in [6.07, 6.45) is 7.13. The number of anilines is 1. The van der Waals surface area contributed by atoms with Crippen LogP contribution in [0.4, 0.5) is 14.6 Å². The van der Waals surface area contributed by atoms with E-state index in [9.17, 15) is 9.50 Å². The van der Waals surface area contributed by atoms with E-state index in [2.05, 4.69) is 25.8 Å². The highest BCUT2D eigenvalue weighted by Gasteiger charge is 2.32.